The molecule has 0 fully saturated rings. The van der Waals surface area contributed by atoms with Crippen molar-refractivity contribution in [2.75, 3.05) is 31.1 Å². The molecule has 1 atom stereocenters. The second-order valence-corrected chi connectivity index (χ2v) is 8.92. The number of nitrogens with zero attached hydrogens (tertiary/aromatic N) is 2. The number of carbonyl (C=O) groups is 2. The Hall–Kier alpha value is -2.38. The van der Waals surface area contributed by atoms with Gasteiger partial charge in [-0.3, -0.25) is 14.5 Å². The molecule has 3 rings (SSSR count). The molecule has 0 spiro atoms. The van der Waals surface area contributed by atoms with Crippen LogP contribution in [0.5, 0.6) is 0 Å². The lowest BCUT2D eigenvalue weighted by Crippen LogP contribution is -2.44. The van der Waals surface area contributed by atoms with E-state index in [2.05, 4.69) is 18.3 Å². The van der Waals surface area contributed by atoms with E-state index < -0.39 is 0 Å². The fraction of sp³-hybridized carbons (Fsp3) is 0.391. The number of hydrogen-bond acceptors (Lipinski definition) is 4. The summed E-state index contributed by atoms with van der Waals surface area (Å²) in [4.78, 5) is 30.3. The number of benzene rings is 2. The van der Waals surface area contributed by atoms with Crippen molar-refractivity contribution in [1.82, 2.24) is 10.2 Å². The Labute approximate surface area is 181 Å². The highest BCUT2D eigenvalue weighted by Gasteiger charge is 2.25. The predicted octanol–water partition coefficient (Wildman–Crippen LogP) is 3.68. The van der Waals surface area contributed by atoms with Crippen LogP contribution < -0.4 is 10.2 Å². The summed E-state index contributed by atoms with van der Waals surface area (Å²) in [5, 5.41) is 3.28. The molecule has 0 saturated carbocycles. The number of likely N-dealkylation sites (N-methyl/N-ethyl adjacent to an activating group) is 1. The van der Waals surface area contributed by atoms with Gasteiger partial charge >= 0.3 is 0 Å². The molecule has 2 amide bonds. The molecule has 0 aliphatic carbocycles. The second-order valence-electron chi connectivity index (χ2n) is 7.44. The van der Waals surface area contributed by atoms with Crippen molar-refractivity contribution in [2.45, 2.75) is 37.0 Å². The number of amides is 2. The molecule has 0 radical (unpaired) electrons. The molecule has 2 aromatic carbocycles. The fourth-order valence-corrected chi connectivity index (χ4v) is 4.48. The molecule has 2 aromatic rings. The summed E-state index contributed by atoms with van der Waals surface area (Å²) in [5.74, 6) is -0.455. The minimum atomic E-state index is -0.302. The minimum Gasteiger partial charge on any atom is -0.351 e. The molecule has 7 heteroatoms. The number of rotatable bonds is 7. The summed E-state index contributed by atoms with van der Waals surface area (Å²) in [6, 6.07) is 14.0. The summed E-state index contributed by atoms with van der Waals surface area (Å²) in [6.45, 7) is 6.06. The van der Waals surface area contributed by atoms with Crippen LogP contribution in [0.3, 0.4) is 0 Å². The van der Waals surface area contributed by atoms with E-state index >= 15 is 0 Å². The van der Waals surface area contributed by atoms with E-state index in [-0.39, 0.29) is 30.7 Å². The van der Waals surface area contributed by atoms with Crippen molar-refractivity contribution in [1.29, 1.82) is 0 Å². The quantitative estimate of drug-likeness (QED) is 0.730. The lowest BCUT2D eigenvalue weighted by molar-refractivity contribution is -0.124. The predicted molar refractivity (Wildman–Crippen MR) is 119 cm³/mol. The van der Waals surface area contributed by atoms with Crippen LogP contribution in [0.4, 0.5) is 10.1 Å². The first-order chi connectivity index (χ1) is 14.5. The standard InChI is InChI=1S/C23H28FN3O2S/c1-3-26(15-22(28)25-14-18-8-10-19(24)11-9-18)16-23(29)27-13-12-17(2)30-21-7-5-4-6-20(21)27/h4-11,17H,3,12-16H2,1-2H3,(H,25,28). The van der Waals surface area contributed by atoms with E-state index in [1.165, 1.54) is 12.1 Å². The van der Waals surface area contributed by atoms with Gasteiger partial charge in [0, 0.05) is 23.2 Å². The van der Waals surface area contributed by atoms with Crippen LogP contribution in [0.15, 0.2) is 53.4 Å². The van der Waals surface area contributed by atoms with Gasteiger partial charge in [0.2, 0.25) is 11.8 Å². The zero-order valence-corrected chi connectivity index (χ0v) is 18.3. The summed E-state index contributed by atoms with van der Waals surface area (Å²) in [5.41, 5.74) is 1.78. The monoisotopic (exact) mass is 429 g/mol. The van der Waals surface area contributed by atoms with E-state index in [0.717, 1.165) is 22.6 Å². The summed E-state index contributed by atoms with van der Waals surface area (Å²) >= 11 is 1.80. The Kier molecular flexibility index (Phi) is 7.87. The number of fused-ring (bicyclic) bond motifs is 1. The van der Waals surface area contributed by atoms with Gasteiger partial charge in [0.15, 0.2) is 0 Å². The number of anilines is 1. The fourth-order valence-electron chi connectivity index (χ4n) is 3.36. The van der Waals surface area contributed by atoms with Crippen LogP contribution in [0, 0.1) is 5.82 Å². The molecule has 1 N–H and O–H groups in total. The molecular weight excluding hydrogens is 401 g/mol. The number of hydrogen-bond donors (Lipinski definition) is 1. The van der Waals surface area contributed by atoms with Gasteiger partial charge in [-0.25, -0.2) is 4.39 Å². The normalized spacial score (nSPS) is 16.1. The molecule has 0 bridgehead atoms. The van der Waals surface area contributed by atoms with Gasteiger partial charge < -0.3 is 10.2 Å². The van der Waals surface area contributed by atoms with Gasteiger partial charge in [-0.1, -0.05) is 38.1 Å². The summed E-state index contributed by atoms with van der Waals surface area (Å²) in [6.07, 6.45) is 0.926. The van der Waals surface area contributed by atoms with Gasteiger partial charge in [-0.15, -0.1) is 11.8 Å². The van der Waals surface area contributed by atoms with Crippen molar-refractivity contribution >= 4 is 29.3 Å². The highest BCUT2D eigenvalue weighted by Crippen LogP contribution is 2.37. The van der Waals surface area contributed by atoms with Crippen LogP contribution in [0.1, 0.15) is 25.8 Å². The first kappa shape index (κ1) is 22.3. The number of nitrogens with one attached hydrogen (secondary N) is 1. The first-order valence-electron chi connectivity index (χ1n) is 10.3. The Morgan fingerprint density at radius 3 is 2.63 bits per heavy atom. The number of para-hydroxylation sites is 1. The zero-order valence-electron chi connectivity index (χ0n) is 17.4. The molecule has 160 valence electrons. The smallest absolute Gasteiger partial charge is 0.241 e. The third-order valence-electron chi connectivity index (χ3n) is 5.12. The Morgan fingerprint density at radius 2 is 1.90 bits per heavy atom. The van der Waals surface area contributed by atoms with Crippen LogP contribution in [0.25, 0.3) is 0 Å². The largest absolute Gasteiger partial charge is 0.351 e. The minimum absolute atomic E-state index is 0.00494. The molecule has 1 heterocycles. The average Bonchev–Trinajstić information content (AvgIpc) is 2.91. The van der Waals surface area contributed by atoms with E-state index in [9.17, 15) is 14.0 Å². The van der Waals surface area contributed by atoms with Crippen molar-refractivity contribution in [3.8, 4) is 0 Å². The van der Waals surface area contributed by atoms with Crippen LogP contribution in [-0.2, 0) is 16.1 Å². The number of halogens is 1. The molecule has 0 aromatic heterocycles. The molecular formula is C23H28FN3O2S. The third kappa shape index (κ3) is 6.06. The Morgan fingerprint density at radius 1 is 1.17 bits per heavy atom. The van der Waals surface area contributed by atoms with Crippen molar-refractivity contribution < 1.29 is 14.0 Å². The lowest BCUT2D eigenvalue weighted by atomic mass is 10.2. The van der Waals surface area contributed by atoms with E-state index in [1.54, 1.807) is 23.9 Å². The van der Waals surface area contributed by atoms with Gasteiger partial charge in [-0.05, 0) is 42.8 Å². The van der Waals surface area contributed by atoms with Crippen LogP contribution >= 0.6 is 11.8 Å². The molecule has 1 unspecified atom stereocenters. The molecule has 5 nitrogen and oxygen atoms in total. The van der Waals surface area contributed by atoms with E-state index in [4.69, 9.17) is 0 Å². The van der Waals surface area contributed by atoms with Gasteiger partial charge in [0.05, 0.1) is 18.8 Å². The average molecular weight is 430 g/mol. The number of carbonyl (C=O) groups excluding carboxylic acids is 2. The second kappa shape index (κ2) is 10.6. The summed E-state index contributed by atoms with van der Waals surface area (Å²) in [7, 11) is 0. The van der Waals surface area contributed by atoms with Crippen LogP contribution in [-0.4, -0.2) is 48.1 Å². The van der Waals surface area contributed by atoms with Gasteiger partial charge in [-0.2, -0.15) is 0 Å². The molecule has 30 heavy (non-hydrogen) atoms. The Balaban J connectivity index is 1.57. The SMILES string of the molecule is CCN(CC(=O)NCc1ccc(F)cc1)CC(=O)N1CCC(C)Sc2ccccc21. The number of thioether (sulfide) groups is 1. The molecule has 1 aliphatic heterocycles. The molecule has 1 aliphatic rings. The van der Waals surface area contributed by atoms with Gasteiger partial charge in [0.25, 0.3) is 0 Å². The third-order valence-corrected chi connectivity index (χ3v) is 6.36. The van der Waals surface area contributed by atoms with E-state index in [1.807, 2.05) is 34.9 Å². The van der Waals surface area contributed by atoms with E-state index in [0.29, 0.717) is 24.9 Å². The topological polar surface area (TPSA) is 52.7 Å². The van der Waals surface area contributed by atoms with Crippen molar-refractivity contribution in [3.63, 3.8) is 0 Å². The zero-order chi connectivity index (χ0) is 21.5. The van der Waals surface area contributed by atoms with Crippen molar-refractivity contribution in [2.24, 2.45) is 0 Å². The maximum absolute atomic E-state index is 13.1. The first-order valence-corrected chi connectivity index (χ1v) is 11.1. The van der Waals surface area contributed by atoms with Crippen molar-refractivity contribution in [3.05, 3.63) is 59.9 Å². The lowest BCUT2D eigenvalue weighted by Gasteiger charge is -2.26. The highest BCUT2D eigenvalue weighted by atomic mass is 32.2. The highest BCUT2D eigenvalue weighted by molar-refractivity contribution is 8.00. The maximum Gasteiger partial charge on any atom is 0.241 e. The Bertz CT molecular complexity index is 875. The summed E-state index contributed by atoms with van der Waals surface area (Å²) < 4.78 is 13.0. The van der Waals surface area contributed by atoms with Crippen LogP contribution in [0.2, 0.25) is 0 Å². The van der Waals surface area contributed by atoms with Gasteiger partial charge in [0.1, 0.15) is 5.82 Å². The maximum atomic E-state index is 13.1. The molecule has 0 saturated heterocycles.